The number of urea groups is 1. The van der Waals surface area contributed by atoms with Gasteiger partial charge in [0.05, 0.1) is 31.6 Å². The van der Waals surface area contributed by atoms with E-state index in [1.54, 1.807) is 30.4 Å². The average molecular weight is 354 g/mol. The van der Waals surface area contributed by atoms with Crippen LogP contribution in [-0.4, -0.2) is 39.3 Å². The number of aromatic nitrogens is 4. The van der Waals surface area contributed by atoms with Crippen LogP contribution in [0.25, 0.3) is 0 Å². The monoisotopic (exact) mass is 354 g/mol. The molecule has 0 saturated heterocycles. The molecule has 0 atom stereocenters. The molecule has 0 unspecified atom stereocenters. The number of hydrogen-bond acceptors (Lipinski definition) is 4. The maximum Gasteiger partial charge on any atom is 0.319 e. The van der Waals surface area contributed by atoms with Gasteiger partial charge in [-0.1, -0.05) is 24.3 Å². The lowest BCUT2D eigenvalue weighted by Crippen LogP contribution is -2.28. The molecule has 0 aliphatic carbocycles. The summed E-state index contributed by atoms with van der Waals surface area (Å²) in [6, 6.07) is 9.60. The van der Waals surface area contributed by atoms with Crippen LogP contribution in [0.3, 0.4) is 0 Å². The Bertz CT molecular complexity index is 828. The molecular formula is C18H22N6O2. The maximum absolute atomic E-state index is 12.1. The smallest absolute Gasteiger partial charge is 0.319 e. The lowest BCUT2D eigenvalue weighted by atomic mass is 10.1. The lowest BCUT2D eigenvalue weighted by molar-refractivity contribution is 0.183. The Morgan fingerprint density at radius 2 is 2.00 bits per heavy atom. The second-order valence-electron chi connectivity index (χ2n) is 5.76. The van der Waals surface area contributed by atoms with Gasteiger partial charge in [-0.2, -0.15) is 10.2 Å². The van der Waals surface area contributed by atoms with E-state index in [-0.39, 0.29) is 6.03 Å². The number of anilines is 1. The summed E-state index contributed by atoms with van der Waals surface area (Å²) in [5.74, 6) is 0. The molecule has 3 rings (SSSR count). The van der Waals surface area contributed by atoms with Crippen LogP contribution in [0.15, 0.2) is 55.1 Å². The summed E-state index contributed by atoms with van der Waals surface area (Å²) >= 11 is 0. The summed E-state index contributed by atoms with van der Waals surface area (Å²) in [5, 5.41) is 14.1. The van der Waals surface area contributed by atoms with Crippen LogP contribution >= 0.6 is 0 Å². The Kier molecular flexibility index (Phi) is 6.00. The molecule has 2 amide bonds. The molecule has 26 heavy (non-hydrogen) atoms. The van der Waals surface area contributed by atoms with Gasteiger partial charge in [0.25, 0.3) is 0 Å². The van der Waals surface area contributed by atoms with E-state index >= 15 is 0 Å². The molecule has 2 N–H and O–H groups in total. The van der Waals surface area contributed by atoms with Gasteiger partial charge in [-0.25, -0.2) is 4.79 Å². The van der Waals surface area contributed by atoms with Gasteiger partial charge in [-0.3, -0.25) is 9.36 Å². The van der Waals surface area contributed by atoms with Gasteiger partial charge in [0.15, 0.2) is 0 Å². The van der Waals surface area contributed by atoms with E-state index in [9.17, 15) is 4.79 Å². The van der Waals surface area contributed by atoms with Crippen molar-refractivity contribution in [1.82, 2.24) is 24.9 Å². The molecule has 0 fully saturated rings. The van der Waals surface area contributed by atoms with Gasteiger partial charge in [0.1, 0.15) is 0 Å². The highest BCUT2D eigenvalue weighted by molar-refractivity contribution is 5.88. The van der Waals surface area contributed by atoms with Gasteiger partial charge in [0.2, 0.25) is 0 Å². The summed E-state index contributed by atoms with van der Waals surface area (Å²) in [7, 11) is 1.64. The average Bonchev–Trinajstić information content (AvgIpc) is 3.31. The largest absolute Gasteiger partial charge is 0.383 e. The number of rotatable bonds is 8. The second-order valence-corrected chi connectivity index (χ2v) is 5.76. The third kappa shape index (κ3) is 4.93. The third-order valence-corrected chi connectivity index (χ3v) is 3.86. The Balaban J connectivity index is 1.54. The van der Waals surface area contributed by atoms with E-state index in [4.69, 9.17) is 4.74 Å². The number of hydrogen-bond donors (Lipinski definition) is 2. The first-order chi connectivity index (χ1) is 12.7. The maximum atomic E-state index is 12.1. The minimum Gasteiger partial charge on any atom is -0.383 e. The fourth-order valence-corrected chi connectivity index (χ4v) is 2.54. The zero-order valence-electron chi connectivity index (χ0n) is 14.6. The number of methoxy groups -OCH3 is 1. The van der Waals surface area contributed by atoms with Crippen molar-refractivity contribution in [3.63, 3.8) is 0 Å². The first kappa shape index (κ1) is 17.7. The quantitative estimate of drug-likeness (QED) is 0.649. The molecule has 1 aromatic carbocycles. The molecule has 0 bridgehead atoms. The standard InChI is InChI=1S/C18H22N6O2/c1-26-10-9-24-14-17(12-21-24)22-18(25)19-11-15-5-2-3-6-16(15)13-23-8-4-7-20-23/h2-8,12,14H,9-11,13H2,1H3,(H2,19,22,25). The minimum atomic E-state index is -0.273. The van der Waals surface area contributed by atoms with E-state index < -0.39 is 0 Å². The van der Waals surface area contributed by atoms with Crippen LogP contribution in [0.4, 0.5) is 10.5 Å². The molecule has 8 nitrogen and oxygen atoms in total. The van der Waals surface area contributed by atoms with Crippen LogP contribution in [0.5, 0.6) is 0 Å². The molecule has 2 heterocycles. The number of benzene rings is 1. The third-order valence-electron chi connectivity index (χ3n) is 3.86. The van der Waals surface area contributed by atoms with Gasteiger partial charge in [-0.05, 0) is 17.2 Å². The predicted molar refractivity (Wildman–Crippen MR) is 97.7 cm³/mol. The predicted octanol–water partition coefficient (Wildman–Crippen LogP) is 2.10. The van der Waals surface area contributed by atoms with Crippen molar-refractivity contribution in [2.45, 2.75) is 19.6 Å². The molecule has 2 aromatic heterocycles. The summed E-state index contributed by atoms with van der Waals surface area (Å²) in [6.45, 7) is 2.31. The van der Waals surface area contributed by atoms with Gasteiger partial charge in [-0.15, -0.1) is 0 Å². The zero-order valence-corrected chi connectivity index (χ0v) is 14.6. The van der Waals surface area contributed by atoms with Crippen LogP contribution < -0.4 is 10.6 Å². The van der Waals surface area contributed by atoms with E-state index in [2.05, 4.69) is 20.8 Å². The van der Waals surface area contributed by atoms with Gasteiger partial charge < -0.3 is 15.4 Å². The highest BCUT2D eigenvalue weighted by atomic mass is 16.5. The number of nitrogens with zero attached hydrogens (tertiary/aromatic N) is 4. The second kappa shape index (κ2) is 8.82. The highest BCUT2D eigenvalue weighted by Gasteiger charge is 2.07. The van der Waals surface area contributed by atoms with Crippen molar-refractivity contribution >= 4 is 11.7 Å². The molecule has 8 heteroatoms. The normalized spacial score (nSPS) is 10.7. The molecule has 0 aliphatic heterocycles. The number of carbonyl (C=O) groups is 1. The Morgan fingerprint density at radius 1 is 1.15 bits per heavy atom. The topological polar surface area (TPSA) is 86.0 Å². The van der Waals surface area contributed by atoms with Crippen molar-refractivity contribution in [3.8, 4) is 0 Å². The van der Waals surface area contributed by atoms with Crippen molar-refractivity contribution in [2.24, 2.45) is 0 Å². The van der Waals surface area contributed by atoms with Crippen LogP contribution in [0, 0.1) is 0 Å². The SMILES string of the molecule is COCCn1cc(NC(=O)NCc2ccccc2Cn2cccn2)cn1. The Morgan fingerprint density at radius 3 is 2.77 bits per heavy atom. The Labute approximate surface area is 151 Å². The number of amides is 2. The van der Waals surface area contributed by atoms with Crippen LogP contribution in [0.2, 0.25) is 0 Å². The van der Waals surface area contributed by atoms with Crippen molar-refractivity contribution < 1.29 is 9.53 Å². The highest BCUT2D eigenvalue weighted by Crippen LogP contribution is 2.11. The summed E-state index contributed by atoms with van der Waals surface area (Å²) < 4.78 is 8.58. The molecule has 0 aliphatic rings. The number of ether oxygens (including phenoxy) is 1. The molecule has 0 radical (unpaired) electrons. The lowest BCUT2D eigenvalue weighted by Gasteiger charge is -2.11. The summed E-state index contributed by atoms with van der Waals surface area (Å²) in [4.78, 5) is 12.1. The Hall–Kier alpha value is -3.13. The van der Waals surface area contributed by atoms with Crippen molar-refractivity contribution in [1.29, 1.82) is 0 Å². The fourth-order valence-electron chi connectivity index (χ4n) is 2.54. The van der Waals surface area contributed by atoms with E-state index in [0.717, 1.165) is 11.1 Å². The minimum absolute atomic E-state index is 0.273. The molecule has 0 saturated carbocycles. The molecule has 3 aromatic rings. The first-order valence-corrected chi connectivity index (χ1v) is 8.35. The fraction of sp³-hybridized carbons (Fsp3) is 0.278. The molecule has 0 spiro atoms. The van der Waals surface area contributed by atoms with Gasteiger partial charge in [0, 0.05) is 32.2 Å². The van der Waals surface area contributed by atoms with Crippen LogP contribution in [0.1, 0.15) is 11.1 Å². The summed E-state index contributed by atoms with van der Waals surface area (Å²) in [5.41, 5.74) is 2.81. The number of nitrogens with one attached hydrogen (secondary N) is 2. The molecule has 136 valence electrons. The first-order valence-electron chi connectivity index (χ1n) is 8.35. The van der Waals surface area contributed by atoms with Crippen molar-refractivity contribution in [3.05, 3.63) is 66.2 Å². The van der Waals surface area contributed by atoms with Gasteiger partial charge >= 0.3 is 6.03 Å². The van der Waals surface area contributed by atoms with E-state index in [1.165, 1.54) is 0 Å². The van der Waals surface area contributed by atoms with E-state index in [1.807, 2.05) is 41.2 Å². The molecular weight excluding hydrogens is 332 g/mol. The number of carbonyl (C=O) groups excluding carboxylic acids is 1. The van der Waals surface area contributed by atoms with Crippen LogP contribution in [-0.2, 0) is 24.4 Å². The summed E-state index contributed by atoms with van der Waals surface area (Å²) in [6.07, 6.45) is 7.05. The van der Waals surface area contributed by atoms with E-state index in [0.29, 0.717) is 31.9 Å². The van der Waals surface area contributed by atoms with Crippen molar-refractivity contribution in [2.75, 3.05) is 19.0 Å². The zero-order chi connectivity index (χ0) is 18.2.